The van der Waals surface area contributed by atoms with E-state index in [0.29, 0.717) is 13.0 Å². The minimum absolute atomic E-state index is 0.251. The Kier molecular flexibility index (Phi) is 7.84. The summed E-state index contributed by atoms with van der Waals surface area (Å²) in [5.74, 6) is -0.227. The number of nitrogens with one attached hydrogen (secondary N) is 1. The second-order valence-electron chi connectivity index (χ2n) is 3.97. The van der Waals surface area contributed by atoms with Crippen molar-refractivity contribution in [2.24, 2.45) is 5.92 Å². The number of hydrogen-bond acceptors (Lipinski definition) is 4. The highest BCUT2D eigenvalue weighted by molar-refractivity contribution is 5.81. The van der Waals surface area contributed by atoms with Crippen molar-refractivity contribution in [2.75, 3.05) is 13.2 Å². The molecule has 1 atom stereocenters. The molecule has 5 heteroatoms. The van der Waals surface area contributed by atoms with Gasteiger partial charge in [0.1, 0.15) is 6.04 Å². The molecule has 0 aliphatic carbocycles. The maximum Gasteiger partial charge on any atom is 0.407 e. The van der Waals surface area contributed by atoms with Gasteiger partial charge in [-0.15, -0.1) is 6.58 Å². The van der Waals surface area contributed by atoms with Gasteiger partial charge in [0.05, 0.1) is 13.2 Å². The predicted molar refractivity (Wildman–Crippen MR) is 64.6 cm³/mol. The molecule has 0 spiro atoms. The van der Waals surface area contributed by atoms with Crippen LogP contribution in [0.3, 0.4) is 0 Å². The molecule has 1 unspecified atom stereocenters. The summed E-state index contributed by atoms with van der Waals surface area (Å²) in [7, 11) is 0. The van der Waals surface area contributed by atoms with Gasteiger partial charge in [-0.1, -0.05) is 19.9 Å². The predicted octanol–water partition coefficient (Wildman–Crippen LogP) is 1.88. The number of rotatable bonds is 7. The highest BCUT2D eigenvalue weighted by Crippen LogP contribution is 1.99. The molecule has 5 nitrogen and oxygen atoms in total. The first kappa shape index (κ1) is 15.5. The van der Waals surface area contributed by atoms with Crippen molar-refractivity contribution in [3.05, 3.63) is 12.7 Å². The van der Waals surface area contributed by atoms with Crippen molar-refractivity contribution < 1.29 is 19.1 Å². The summed E-state index contributed by atoms with van der Waals surface area (Å²) in [5, 5.41) is 2.45. The molecule has 0 aliphatic rings. The zero-order valence-electron chi connectivity index (χ0n) is 10.7. The summed E-state index contributed by atoms with van der Waals surface area (Å²) in [6, 6.07) is -0.730. The summed E-state index contributed by atoms with van der Waals surface area (Å²) in [6.45, 7) is 9.68. The molecule has 0 aromatic carbocycles. The fourth-order valence-corrected chi connectivity index (χ4v) is 1.05. The standard InChI is InChI=1S/C12H21NO4/c1-5-7-10(11(14)16-6-2)13-12(15)17-8-9(3)4/h5,9-10H,1,6-8H2,2-4H3,(H,13,15). The molecule has 0 rings (SSSR count). The van der Waals surface area contributed by atoms with Gasteiger partial charge in [-0.05, 0) is 19.3 Å². The van der Waals surface area contributed by atoms with Gasteiger partial charge in [0.2, 0.25) is 0 Å². The number of amides is 1. The molecule has 0 aromatic heterocycles. The molecule has 0 aromatic rings. The Morgan fingerprint density at radius 2 is 2.00 bits per heavy atom. The van der Waals surface area contributed by atoms with E-state index in [1.54, 1.807) is 13.0 Å². The molecule has 0 saturated heterocycles. The summed E-state index contributed by atoms with van der Waals surface area (Å²) in [5.41, 5.74) is 0. The zero-order chi connectivity index (χ0) is 13.3. The smallest absolute Gasteiger partial charge is 0.407 e. The Hall–Kier alpha value is -1.52. The maximum atomic E-state index is 11.5. The summed E-state index contributed by atoms with van der Waals surface area (Å²) < 4.78 is 9.74. The molecule has 0 aliphatic heterocycles. The first-order valence-electron chi connectivity index (χ1n) is 5.72. The van der Waals surface area contributed by atoms with Gasteiger partial charge in [-0.2, -0.15) is 0 Å². The second-order valence-corrected chi connectivity index (χ2v) is 3.97. The van der Waals surface area contributed by atoms with Crippen LogP contribution in [-0.2, 0) is 14.3 Å². The second kappa shape index (κ2) is 8.61. The van der Waals surface area contributed by atoms with Gasteiger partial charge in [0.25, 0.3) is 0 Å². The van der Waals surface area contributed by atoms with E-state index in [1.165, 1.54) is 0 Å². The van der Waals surface area contributed by atoms with Crippen molar-refractivity contribution in [1.29, 1.82) is 0 Å². The maximum absolute atomic E-state index is 11.5. The number of esters is 1. The first-order valence-corrected chi connectivity index (χ1v) is 5.72. The van der Waals surface area contributed by atoms with Crippen molar-refractivity contribution >= 4 is 12.1 Å². The highest BCUT2D eigenvalue weighted by atomic mass is 16.6. The lowest BCUT2D eigenvalue weighted by Crippen LogP contribution is -2.42. The van der Waals surface area contributed by atoms with Crippen molar-refractivity contribution in [1.82, 2.24) is 5.32 Å². The highest BCUT2D eigenvalue weighted by Gasteiger charge is 2.21. The molecule has 98 valence electrons. The number of alkyl carbamates (subject to hydrolysis) is 1. The number of carbonyl (C=O) groups excluding carboxylic acids is 2. The Bertz CT molecular complexity index is 263. The molecule has 1 N–H and O–H groups in total. The first-order chi connectivity index (χ1) is 8.01. The fraction of sp³-hybridized carbons (Fsp3) is 0.667. The molecule has 0 heterocycles. The largest absolute Gasteiger partial charge is 0.464 e. The quantitative estimate of drug-likeness (QED) is 0.547. The SMILES string of the molecule is C=CCC(NC(=O)OCC(C)C)C(=O)OCC. The summed E-state index contributed by atoms with van der Waals surface area (Å²) in [6.07, 6.45) is 1.25. The molecule has 0 fully saturated rings. The average molecular weight is 243 g/mol. The van der Waals surface area contributed by atoms with Crippen LogP contribution in [0.4, 0.5) is 4.79 Å². The van der Waals surface area contributed by atoms with Crippen LogP contribution in [0.5, 0.6) is 0 Å². The third-order valence-electron chi connectivity index (χ3n) is 1.81. The summed E-state index contributed by atoms with van der Waals surface area (Å²) >= 11 is 0. The Balaban J connectivity index is 4.18. The average Bonchev–Trinajstić information content (AvgIpc) is 2.26. The topological polar surface area (TPSA) is 64.6 Å². The zero-order valence-corrected chi connectivity index (χ0v) is 10.7. The fourth-order valence-electron chi connectivity index (χ4n) is 1.05. The Morgan fingerprint density at radius 3 is 2.47 bits per heavy atom. The van der Waals surface area contributed by atoms with Crippen molar-refractivity contribution in [2.45, 2.75) is 33.2 Å². The molecule has 17 heavy (non-hydrogen) atoms. The van der Waals surface area contributed by atoms with Crippen LogP contribution in [0.25, 0.3) is 0 Å². The lowest BCUT2D eigenvalue weighted by atomic mass is 10.2. The third kappa shape index (κ3) is 7.38. The van der Waals surface area contributed by atoms with Crippen molar-refractivity contribution in [3.8, 4) is 0 Å². The van der Waals surface area contributed by atoms with E-state index < -0.39 is 18.1 Å². The monoisotopic (exact) mass is 243 g/mol. The van der Waals surface area contributed by atoms with Crippen LogP contribution < -0.4 is 5.32 Å². The number of ether oxygens (including phenoxy) is 2. The van der Waals surface area contributed by atoms with Gasteiger partial charge in [0.15, 0.2) is 0 Å². The van der Waals surface area contributed by atoms with E-state index in [-0.39, 0.29) is 12.5 Å². The van der Waals surface area contributed by atoms with Gasteiger partial charge < -0.3 is 14.8 Å². The van der Waals surface area contributed by atoms with E-state index in [1.807, 2.05) is 13.8 Å². The normalized spacial score (nSPS) is 11.8. The van der Waals surface area contributed by atoms with Crippen LogP contribution in [0.1, 0.15) is 27.2 Å². The van der Waals surface area contributed by atoms with Crippen LogP contribution in [0.2, 0.25) is 0 Å². The third-order valence-corrected chi connectivity index (χ3v) is 1.81. The van der Waals surface area contributed by atoms with Crippen LogP contribution in [-0.4, -0.2) is 31.3 Å². The minimum atomic E-state index is -0.730. The van der Waals surface area contributed by atoms with Crippen LogP contribution in [0.15, 0.2) is 12.7 Å². The molecule has 0 saturated carbocycles. The van der Waals surface area contributed by atoms with Gasteiger partial charge in [0, 0.05) is 0 Å². The lowest BCUT2D eigenvalue weighted by Gasteiger charge is -2.16. The van der Waals surface area contributed by atoms with Crippen LogP contribution in [0, 0.1) is 5.92 Å². The molecule has 0 bridgehead atoms. The Labute approximate surface area is 102 Å². The molecule has 1 amide bonds. The van der Waals surface area contributed by atoms with E-state index >= 15 is 0 Å². The van der Waals surface area contributed by atoms with Crippen molar-refractivity contribution in [3.63, 3.8) is 0 Å². The van der Waals surface area contributed by atoms with E-state index in [0.717, 1.165) is 0 Å². The lowest BCUT2D eigenvalue weighted by molar-refractivity contribution is -0.145. The van der Waals surface area contributed by atoms with E-state index in [4.69, 9.17) is 9.47 Å². The van der Waals surface area contributed by atoms with Gasteiger partial charge >= 0.3 is 12.1 Å². The Morgan fingerprint density at radius 1 is 1.35 bits per heavy atom. The molecular weight excluding hydrogens is 222 g/mol. The number of carbonyl (C=O) groups is 2. The van der Waals surface area contributed by atoms with Gasteiger partial charge in [-0.25, -0.2) is 9.59 Å². The molecule has 0 radical (unpaired) electrons. The van der Waals surface area contributed by atoms with E-state index in [2.05, 4.69) is 11.9 Å². The summed E-state index contributed by atoms with van der Waals surface area (Å²) in [4.78, 5) is 22.8. The van der Waals surface area contributed by atoms with E-state index in [9.17, 15) is 9.59 Å². The van der Waals surface area contributed by atoms with Gasteiger partial charge in [-0.3, -0.25) is 0 Å². The molecular formula is C12H21NO4. The number of hydrogen-bond donors (Lipinski definition) is 1. The van der Waals surface area contributed by atoms with Crippen LogP contribution >= 0.6 is 0 Å². The minimum Gasteiger partial charge on any atom is -0.464 e.